The molecule has 3 rings (SSSR count). The lowest BCUT2D eigenvalue weighted by Gasteiger charge is -2.19. The summed E-state index contributed by atoms with van der Waals surface area (Å²) < 4.78 is 11.1. The zero-order chi connectivity index (χ0) is 16.2. The summed E-state index contributed by atoms with van der Waals surface area (Å²) >= 11 is 0. The topological polar surface area (TPSA) is 73.6 Å². The average Bonchev–Trinajstić information content (AvgIpc) is 2.57. The minimum absolute atomic E-state index is 0.104. The SMILES string of the molecule is Cc1ccc(N)cc1C(=O)NCCc1ccc2c(c1)OCCO2. The van der Waals surface area contributed by atoms with Crippen LogP contribution in [0.15, 0.2) is 36.4 Å². The third-order valence-electron chi connectivity index (χ3n) is 3.81. The van der Waals surface area contributed by atoms with E-state index in [-0.39, 0.29) is 5.91 Å². The highest BCUT2D eigenvalue weighted by atomic mass is 16.6. The summed E-state index contributed by atoms with van der Waals surface area (Å²) in [7, 11) is 0. The summed E-state index contributed by atoms with van der Waals surface area (Å²) in [4.78, 5) is 12.2. The van der Waals surface area contributed by atoms with Crippen molar-refractivity contribution >= 4 is 11.6 Å². The van der Waals surface area contributed by atoms with Crippen molar-refractivity contribution in [3.63, 3.8) is 0 Å². The Hall–Kier alpha value is -2.69. The van der Waals surface area contributed by atoms with E-state index < -0.39 is 0 Å². The fourth-order valence-electron chi connectivity index (χ4n) is 2.54. The Balaban J connectivity index is 1.59. The van der Waals surface area contributed by atoms with Crippen LogP contribution in [0.1, 0.15) is 21.5 Å². The van der Waals surface area contributed by atoms with Crippen molar-refractivity contribution in [2.24, 2.45) is 0 Å². The van der Waals surface area contributed by atoms with Crippen LogP contribution in [-0.4, -0.2) is 25.7 Å². The van der Waals surface area contributed by atoms with Crippen molar-refractivity contribution in [3.8, 4) is 11.5 Å². The molecule has 0 fully saturated rings. The first-order valence-corrected chi connectivity index (χ1v) is 7.66. The van der Waals surface area contributed by atoms with E-state index in [1.807, 2.05) is 31.2 Å². The molecule has 0 radical (unpaired) electrons. The number of nitrogens with two attached hydrogens (primary N) is 1. The first-order valence-electron chi connectivity index (χ1n) is 7.66. The minimum Gasteiger partial charge on any atom is -0.486 e. The smallest absolute Gasteiger partial charge is 0.251 e. The van der Waals surface area contributed by atoms with Crippen LogP contribution in [0.3, 0.4) is 0 Å². The van der Waals surface area contributed by atoms with Gasteiger partial charge in [0.25, 0.3) is 5.91 Å². The number of carbonyl (C=O) groups is 1. The Kier molecular flexibility index (Phi) is 4.37. The van der Waals surface area contributed by atoms with Crippen molar-refractivity contribution < 1.29 is 14.3 Å². The first kappa shape index (κ1) is 15.2. The molecule has 0 unspecified atom stereocenters. The van der Waals surface area contributed by atoms with Gasteiger partial charge >= 0.3 is 0 Å². The maximum atomic E-state index is 12.2. The molecule has 5 heteroatoms. The zero-order valence-corrected chi connectivity index (χ0v) is 13.1. The Morgan fingerprint density at radius 1 is 1.13 bits per heavy atom. The van der Waals surface area contributed by atoms with E-state index in [1.54, 1.807) is 12.1 Å². The van der Waals surface area contributed by atoms with Gasteiger partial charge in [-0.1, -0.05) is 12.1 Å². The maximum Gasteiger partial charge on any atom is 0.251 e. The molecule has 2 aromatic carbocycles. The lowest BCUT2D eigenvalue weighted by molar-refractivity contribution is 0.0953. The molecule has 0 saturated carbocycles. The number of hydrogen-bond acceptors (Lipinski definition) is 4. The molecule has 120 valence electrons. The van der Waals surface area contributed by atoms with Crippen LogP contribution in [0.5, 0.6) is 11.5 Å². The Labute approximate surface area is 135 Å². The highest BCUT2D eigenvalue weighted by molar-refractivity contribution is 5.96. The molecular formula is C18H20N2O3. The van der Waals surface area contributed by atoms with E-state index in [0.717, 1.165) is 29.0 Å². The van der Waals surface area contributed by atoms with Gasteiger partial charge in [0.1, 0.15) is 13.2 Å². The lowest BCUT2D eigenvalue weighted by Crippen LogP contribution is -2.26. The highest BCUT2D eigenvalue weighted by Gasteiger charge is 2.12. The van der Waals surface area contributed by atoms with Gasteiger partial charge in [0.05, 0.1) is 0 Å². The van der Waals surface area contributed by atoms with Crippen LogP contribution >= 0.6 is 0 Å². The van der Waals surface area contributed by atoms with Crippen LogP contribution < -0.4 is 20.5 Å². The molecule has 1 aliphatic rings. The van der Waals surface area contributed by atoms with Crippen LogP contribution in [-0.2, 0) is 6.42 Å². The molecule has 0 atom stereocenters. The summed E-state index contributed by atoms with van der Waals surface area (Å²) in [6.45, 7) is 3.60. The van der Waals surface area contributed by atoms with Gasteiger partial charge in [0.2, 0.25) is 0 Å². The van der Waals surface area contributed by atoms with E-state index in [4.69, 9.17) is 15.2 Å². The third-order valence-corrected chi connectivity index (χ3v) is 3.81. The number of fused-ring (bicyclic) bond motifs is 1. The number of aryl methyl sites for hydroxylation is 1. The molecule has 3 N–H and O–H groups in total. The quantitative estimate of drug-likeness (QED) is 0.850. The second-order valence-electron chi connectivity index (χ2n) is 5.56. The predicted octanol–water partition coefficient (Wildman–Crippen LogP) is 2.32. The van der Waals surface area contributed by atoms with Crippen LogP contribution in [0.2, 0.25) is 0 Å². The average molecular weight is 312 g/mol. The van der Waals surface area contributed by atoms with Gasteiger partial charge in [0, 0.05) is 17.8 Å². The number of ether oxygens (including phenoxy) is 2. The van der Waals surface area contributed by atoms with Crippen molar-refractivity contribution in [2.45, 2.75) is 13.3 Å². The molecule has 0 spiro atoms. The summed E-state index contributed by atoms with van der Waals surface area (Å²) in [5.74, 6) is 1.44. The first-order chi connectivity index (χ1) is 11.1. The van der Waals surface area contributed by atoms with E-state index in [1.165, 1.54) is 0 Å². The number of nitrogens with one attached hydrogen (secondary N) is 1. The third kappa shape index (κ3) is 3.56. The summed E-state index contributed by atoms with van der Waals surface area (Å²) in [6, 6.07) is 11.2. The molecule has 1 amide bonds. The van der Waals surface area contributed by atoms with Gasteiger partial charge in [-0.2, -0.15) is 0 Å². The molecule has 1 aliphatic heterocycles. The number of benzene rings is 2. The van der Waals surface area contributed by atoms with E-state index in [0.29, 0.717) is 31.0 Å². The minimum atomic E-state index is -0.104. The highest BCUT2D eigenvalue weighted by Crippen LogP contribution is 2.30. The number of carbonyl (C=O) groups excluding carboxylic acids is 1. The van der Waals surface area contributed by atoms with Gasteiger partial charge in [0.15, 0.2) is 11.5 Å². The van der Waals surface area contributed by atoms with Crippen LogP contribution in [0, 0.1) is 6.92 Å². The predicted molar refractivity (Wildman–Crippen MR) is 89.1 cm³/mol. The molecule has 0 aromatic heterocycles. The van der Waals surface area contributed by atoms with Gasteiger partial charge in [-0.3, -0.25) is 4.79 Å². The number of rotatable bonds is 4. The molecule has 1 heterocycles. The Bertz CT molecular complexity index is 728. The summed E-state index contributed by atoms with van der Waals surface area (Å²) in [5, 5.41) is 2.93. The lowest BCUT2D eigenvalue weighted by atomic mass is 10.1. The number of amides is 1. The van der Waals surface area contributed by atoms with Gasteiger partial charge in [-0.15, -0.1) is 0 Å². The standard InChI is InChI=1S/C18H20N2O3/c1-12-2-4-14(19)11-15(12)18(21)20-7-6-13-3-5-16-17(10-13)23-9-8-22-16/h2-5,10-11H,6-9,19H2,1H3,(H,20,21). The van der Waals surface area contributed by atoms with Gasteiger partial charge in [-0.05, 0) is 48.7 Å². The van der Waals surface area contributed by atoms with E-state index >= 15 is 0 Å². The maximum absolute atomic E-state index is 12.2. The fourth-order valence-corrected chi connectivity index (χ4v) is 2.54. The number of anilines is 1. The van der Waals surface area contributed by atoms with E-state index in [2.05, 4.69) is 5.32 Å². The van der Waals surface area contributed by atoms with Crippen LogP contribution in [0.4, 0.5) is 5.69 Å². The van der Waals surface area contributed by atoms with Crippen molar-refractivity contribution in [3.05, 3.63) is 53.1 Å². The van der Waals surface area contributed by atoms with Crippen molar-refractivity contribution in [1.82, 2.24) is 5.32 Å². The van der Waals surface area contributed by atoms with Crippen LogP contribution in [0.25, 0.3) is 0 Å². The molecular weight excluding hydrogens is 292 g/mol. The molecule has 5 nitrogen and oxygen atoms in total. The summed E-state index contributed by atoms with van der Waals surface area (Å²) in [6.07, 6.45) is 0.726. The largest absolute Gasteiger partial charge is 0.486 e. The van der Waals surface area contributed by atoms with Gasteiger partial charge < -0.3 is 20.5 Å². The molecule has 23 heavy (non-hydrogen) atoms. The molecule has 0 bridgehead atoms. The molecule has 0 aliphatic carbocycles. The van der Waals surface area contributed by atoms with Crippen molar-refractivity contribution in [1.29, 1.82) is 0 Å². The summed E-state index contributed by atoms with van der Waals surface area (Å²) in [5.41, 5.74) is 8.96. The number of nitrogen functional groups attached to an aromatic ring is 1. The molecule has 2 aromatic rings. The Morgan fingerprint density at radius 2 is 1.91 bits per heavy atom. The normalized spacial score (nSPS) is 12.7. The molecule has 0 saturated heterocycles. The monoisotopic (exact) mass is 312 g/mol. The van der Waals surface area contributed by atoms with Crippen molar-refractivity contribution in [2.75, 3.05) is 25.5 Å². The fraction of sp³-hybridized carbons (Fsp3) is 0.278. The second-order valence-corrected chi connectivity index (χ2v) is 5.56. The zero-order valence-electron chi connectivity index (χ0n) is 13.1. The van der Waals surface area contributed by atoms with E-state index in [9.17, 15) is 4.79 Å². The number of hydrogen-bond donors (Lipinski definition) is 2. The second kappa shape index (κ2) is 6.60. The Morgan fingerprint density at radius 3 is 2.74 bits per heavy atom. The van der Waals surface area contributed by atoms with Gasteiger partial charge in [-0.25, -0.2) is 0 Å².